The van der Waals surface area contributed by atoms with Crippen LogP contribution in [0, 0.1) is 5.92 Å². The Kier molecular flexibility index (Phi) is 8.00. The molecule has 2 aliphatic rings. The molecule has 1 saturated heterocycles. The van der Waals surface area contributed by atoms with E-state index in [-0.39, 0.29) is 36.3 Å². The van der Waals surface area contributed by atoms with Gasteiger partial charge in [0.2, 0.25) is 21.8 Å². The summed E-state index contributed by atoms with van der Waals surface area (Å²) < 4.78 is 27.5. The largest absolute Gasteiger partial charge is 0.328 e. The van der Waals surface area contributed by atoms with E-state index in [0.717, 1.165) is 37.7 Å². The average Bonchev–Trinajstić information content (AvgIpc) is 3.36. The lowest BCUT2D eigenvalue weighted by atomic mass is 9.84. The molecule has 10 heteroatoms. The Balaban J connectivity index is 1.49. The number of benzene rings is 1. The fourth-order valence-electron chi connectivity index (χ4n) is 4.83. The molecule has 4 rings (SSSR count). The topological polar surface area (TPSA) is 99.7 Å². The highest BCUT2D eigenvalue weighted by atomic mass is 32.2. The van der Waals surface area contributed by atoms with Crippen molar-refractivity contribution in [3.63, 3.8) is 0 Å². The first-order chi connectivity index (χ1) is 16.4. The number of rotatable bonds is 8. The molecule has 1 aromatic heterocycles. The van der Waals surface area contributed by atoms with Crippen molar-refractivity contribution in [2.24, 2.45) is 5.92 Å². The monoisotopic (exact) mass is 504 g/mol. The van der Waals surface area contributed by atoms with Crippen LogP contribution < -0.4 is 5.32 Å². The number of amides is 2. The van der Waals surface area contributed by atoms with Crippen LogP contribution in [-0.2, 0) is 26.0 Å². The molecular formula is C24H32N4O4S2. The lowest BCUT2D eigenvalue weighted by Gasteiger charge is -2.39. The molecule has 2 amide bonds. The van der Waals surface area contributed by atoms with Gasteiger partial charge in [0.25, 0.3) is 0 Å². The predicted octanol–water partition coefficient (Wildman–Crippen LogP) is 3.52. The molecule has 1 aromatic carbocycles. The Morgan fingerprint density at radius 1 is 1.18 bits per heavy atom. The van der Waals surface area contributed by atoms with Gasteiger partial charge in [0, 0.05) is 24.7 Å². The summed E-state index contributed by atoms with van der Waals surface area (Å²) in [5.74, 6) is -0.206. The highest BCUT2D eigenvalue weighted by Gasteiger charge is 2.39. The van der Waals surface area contributed by atoms with Crippen LogP contribution in [0.5, 0.6) is 0 Å². The van der Waals surface area contributed by atoms with Gasteiger partial charge in [-0.05, 0) is 36.5 Å². The molecule has 1 N–H and O–H groups in total. The van der Waals surface area contributed by atoms with Gasteiger partial charge in [-0.15, -0.1) is 11.3 Å². The number of piperazine rings is 1. The first-order valence-corrected chi connectivity index (χ1v) is 14.3. The maximum absolute atomic E-state index is 13.2. The number of anilines is 1. The first kappa shape index (κ1) is 24.8. The summed E-state index contributed by atoms with van der Waals surface area (Å²) in [6, 6.07) is 6.16. The second-order valence-electron chi connectivity index (χ2n) is 9.01. The Labute approximate surface area is 205 Å². The fraction of sp³-hybridized carbons (Fsp3) is 0.542. The minimum Gasteiger partial charge on any atom is -0.328 e. The number of nitrogens with one attached hydrogen (secondary N) is 1. The highest BCUT2D eigenvalue weighted by Crippen LogP contribution is 2.30. The average molecular weight is 505 g/mol. The van der Waals surface area contributed by atoms with E-state index in [2.05, 4.69) is 10.3 Å². The van der Waals surface area contributed by atoms with Gasteiger partial charge in [-0.3, -0.25) is 9.59 Å². The molecular weight excluding hydrogens is 472 g/mol. The summed E-state index contributed by atoms with van der Waals surface area (Å²) in [6.45, 7) is 2.10. The first-order valence-electron chi connectivity index (χ1n) is 12.0. The molecule has 8 nitrogen and oxygen atoms in total. The smallest absolute Gasteiger partial charge is 0.248 e. The van der Waals surface area contributed by atoms with Crippen molar-refractivity contribution in [1.82, 2.24) is 14.2 Å². The maximum Gasteiger partial charge on any atom is 0.248 e. The van der Waals surface area contributed by atoms with Crippen LogP contribution in [0.1, 0.15) is 51.0 Å². The predicted molar refractivity (Wildman–Crippen MR) is 132 cm³/mol. The maximum atomic E-state index is 13.2. The van der Waals surface area contributed by atoms with Crippen LogP contribution >= 0.6 is 11.3 Å². The Morgan fingerprint density at radius 2 is 1.91 bits per heavy atom. The van der Waals surface area contributed by atoms with E-state index in [4.69, 9.17) is 0 Å². The minimum absolute atomic E-state index is 0.162. The van der Waals surface area contributed by atoms with Crippen molar-refractivity contribution < 1.29 is 18.0 Å². The molecule has 0 unspecified atom stereocenters. The number of aryl methyl sites for hydroxylation is 1. The van der Waals surface area contributed by atoms with Crippen LogP contribution in [0.3, 0.4) is 0 Å². The van der Waals surface area contributed by atoms with Crippen LogP contribution in [0.4, 0.5) is 5.13 Å². The molecule has 34 heavy (non-hydrogen) atoms. The molecule has 2 aromatic rings. The zero-order chi connectivity index (χ0) is 24.1. The van der Waals surface area contributed by atoms with Gasteiger partial charge >= 0.3 is 0 Å². The molecule has 1 saturated carbocycles. The number of nitrogens with zero attached hydrogens (tertiary/aromatic N) is 3. The summed E-state index contributed by atoms with van der Waals surface area (Å²) in [6.07, 6.45) is 8.63. The summed E-state index contributed by atoms with van der Waals surface area (Å²) in [5, 5.41) is 5.14. The number of aromatic nitrogens is 1. The normalized spacial score (nSPS) is 19.2. The Morgan fingerprint density at radius 3 is 2.53 bits per heavy atom. The highest BCUT2D eigenvalue weighted by molar-refractivity contribution is 7.89. The van der Waals surface area contributed by atoms with E-state index in [9.17, 15) is 18.0 Å². The van der Waals surface area contributed by atoms with E-state index in [1.165, 1.54) is 22.1 Å². The van der Waals surface area contributed by atoms with E-state index in [0.29, 0.717) is 17.5 Å². The number of sulfonamides is 1. The standard InChI is InChI=1S/C24H32N4O4S2/c1-2-18-8-10-20(11-9-18)34(31,32)27-13-14-28(22(29)17-27)21(16-19-6-4-3-5-7-19)23(30)26-24-25-12-15-33-24/h8-12,15,19,21H,2-7,13-14,16-17H2,1H3,(H,25,26,30)/t21-/m0/s1. The Hall–Kier alpha value is -2.30. The van der Waals surface area contributed by atoms with Crippen molar-refractivity contribution in [1.29, 1.82) is 0 Å². The van der Waals surface area contributed by atoms with Gasteiger partial charge in [0.15, 0.2) is 5.13 Å². The van der Waals surface area contributed by atoms with Gasteiger partial charge in [0.1, 0.15) is 6.04 Å². The van der Waals surface area contributed by atoms with E-state index in [1.807, 2.05) is 6.92 Å². The lowest BCUT2D eigenvalue weighted by molar-refractivity contribution is -0.142. The zero-order valence-corrected chi connectivity index (χ0v) is 21.1. The van der Waals surface area contributed by atoms with Crippen LogP contribution in [0.2, 0.25) is 0 Å². The van der Waals surface area contributed by atoms with Gasteiger partial charge in [-0.2, -0.15) is 4.31 Å². The third-order valence-electron chi connectivity index (χ3n) is 6.81. The SMILES string of the molecule is CCc1ccc(S(=O)(=O)N2CCN([C@@H](CC3CCCCC3)C(=O)Nc3nccs3)C(=O)C2)cc1. The molecule has 1 atom stereocenters. The number of carbonyl (C=O) groups excluding carboxylic acids is 2. The van der Waals surface area contributed by atoms with Crippen molar-refractivity contribution in [2.75, 3.05) is 25.0 Å². The molecule has 0 radical (unpaired) electrons. The summed E-state index contributed by atoms with van der Waals surface area (Å²) in [4.78, 5) is 32.3. The lowest BCUT2D eigenvalue weighted by Crippen LogP contribution is -2.58. The second kappa shape index (κ2) is 11.0. The third kappa shape index (κ3) is 5.67. The Bertz CT molecular complexity index is 1080. The summed E-state index contributed by atoms with van der Waals surface area (Å²) >= 11 is 1.33. The van der Waals surface area contributed by atoms with Crippen LogP contribution in [0.15, 0.2) is 40.7 Å². The van der Waals surface area contributed by atoms with Crippen molar-refractivity contribution >= 4 is 38.3 Å². The number of thiazole rings is 1. The van der Waals surface area contributed by atoms with Gasteiger partial charge < -0.3 is 10.2 Å². The molecule has 1 aliphatic carbocycles. The molecule has 0 bridgehead atoms. The fourth-order valence-corrected chi connectivity index (χ4v) is 6.75. The summed E-state index contributed by atoms with van der Waals surface area (Å²) in [7, 11) is -3.78. The summed E-state index contributed by atoms with van der Waals surface area (Å²) in [5.41, 5.74) is 1.05. The van der Waals surface area contributed by atoms with E-state index < -0.39 is 16.1 Å². The molecule has 2 heterocycles. The second-order valence-corrected chi connectivity index (χ2v) is 11.8. The van der Waals surface area contributed by atoms with Gasteiger partial charge in [-0.1, -0.05) is 51.2 Å². The number of hydrogen-bond donors (Lipinski definition) is 1. The molecule has 1 aliphatic heterocycles. The number of carbonyl (C=O) groups is 2. The number of hydrogen-bond acceptors (Lipinski definition) is 6. The molecule has 2 fully saturated rings. The molecule has 0 spiro atoms. The van der Waals surface area contributed by atoms with E-state index >= 15 is 0 Å². The van der Waals surface area contributed by atoms with Gasteiger partial charge in [-0.25, -0.2) is 13.4 Å². The van der Waals surface area contributed by atoms with Crippen LogP contribution in [0.25, 0.3) is 0 Å². The minimum atomic E-state index is -3.78. The van der Waals surface area contributed by atoms with E-state index in [1.54, 1.807) is 40.7 Å². The quantitative estimate of drug-likeness (QED) is 0.593. The van der Waals surface area contributed by atoms with Crippen molar-refractivity contribution in [3.05, 3.63) is 41.4 Å². The zero-order valence-electron chi connectivity index (χ0n) is 19.5. The van der Waals surface area contributed by atoms with Crippen LogP contribution in [-0.4, -0.2) is 60.1 Å². The molecule has 184 valence electrons. The van der Waals surface area contributed by atoms with Crippen molar-refractivity contribution in [2.45, 2.75) is 62.8 Å². The third-order valence-corrected chi connectivity index (χ3v) is 9.36. The van der Waals surface area contributed by atoms with Crippen molar-refractivity contribution in [3.8, 4) is 0 Å². The van der Waals surface area contributed by atoms with Gasteiger partial charge in [0.05, 0.1) is 11.4 Å².